The van der Waals surface area contributed by atoms with Crippen LogP contribution in [-0.4, -0.2) is 28.0 Å². The maximum Gasteiger partial charge on any atom is 0.0815 e. The van der Waals surface area contributed by atoms with E-state index in [-0.39, 0.29) is 13.0 Å². The SMILES string of the molecule is OC[C@@H](O)C[C@@H](O)c1ccccc1. The lowest BCUT2D eigenvalue weighted by Crippen LogP contribution is -2.16. The van der Waals surface area contributed by atoms with Crippen LogP contribution in [0.2, 0.25) is 0 Å². The largest absolute Gasteiger partial charge is 0.394 e. The number of benzene rings is 1. The van der Waals surface area contributed by atoms with Crippen molar-refractivity contribution in [3.8, 4) is 0 Å². The predicted molar refractivity (Wildman–Crippen MR) is 49.1 cm³/mol. The van der Waals surface area contributed by atoms with Crippen molar-refractivity contribution in [1.82, 2.24) is 0 Å². The first-order chi connectivity index (χ1) is 6.24. The lowest BCUT2D eigenvalue weighted by Gasteiger charge is -2.13. The van der Waals surface area contributed by atoms with Crippen molar-refractivity contribution in [3.05, 3.63) is 35.9 Å². The van der Waals surface area contributed by atoms with E-state index in [0.29, 0.717) is 0 Å². The molecule has 0 aliphatic rings. The van der Waals surface area contributed by atoms with Gasteiger partial charge in [0.2, 0.25) is 0 Å². The summed E-state index contributed by atoms with van der Waals surface area (Å²) in [7, 11) is 0. The monoisotopic (exact) mass is 182 g/mol. The maximum atomic E-state index is 9.55. The van der Waals surface area contributed by atoms with E-state index in [0.717, 1.165) is 5.56 Å². The van der Waals surface area contributed by atoms with Crippen molar-refractivity contribution in [1.29, 1.82) is 0 Å². The lowest BCUT2D eigenvalue weighted by atomic mass is 10.0. The molecule has 3 nitrogen and oxygen atoms in total. The van der Waals surface area contributed by atoms with Crippen LogP contribution in [0.3, 0.4) is 0 Å². The Morgan fingerprint density at radius 1 is 1.08 bits per heavy atom. The topological polar surface area (TPSA) is 60.7 Å². The van der Waals surface area contributed by atoms with Crippen LogP contribution in [0.25, 0.3) is 0 Å². The van der Waals surface area contributed by atoms with E-state index in [9.17, 15) is 5.11 Å². The number of hydrogen-bond donors (Lipinski definition) is 3. The van der Waals surface area contributed by atoms with Gasteiger partial charge in [-0.3, -0.25) is 0 Å². The van der Waals surface area contributed by atoms with Crippen molar-refractivity contribution in [2.45, 2.75) is 18.6 Å². The van der Waals surface area contributed by atoms with Gasteiger partial charge in [0.1, 0.15) is 0 Å². The smallest absolute Gasteiger partial charge is 0.0815 e. The van der Waals surface area contributed by atoms with Crippen LogP contribution < -0.4 is 0 Å². The molecule has 3 N–H and O–H groups in total. The molecule has 1 rings (SSSR count). The van der Waals surface area contributed by atoms with E-state index < -0.39 is 12.2 Å². The molecule has 1 aromatic carbocycles. The minimum Gasteiger partial charge on any atom is -0.394 e. The summed E-state index contributed by atoms with van der Waals surface area (Å²) in [6.07, 6.45) is -1.39. The average molecular weight is 182 g/mol. The molecule has 13 heavy (non-hydrogen) atoms. The van der Waals surface area contributed by atoms with Gasteiger partial charge in [-0.05, 0) is 5.56 Å². The zero-order valence-electron chi connectivity index (χ0n) is 7.30. The van der Waals surface area contributed by atoms with Gasteiger partial charge in [0.15, 0.2) is 0 Å². The number of rotatable bonds is 4. The molecule has 0 aromatic heterocycles. The third-order valence-corrected chi connectivity index (χ3v) is 1.89. The molecule has 0 fully saturated rings. The van der Waals surface area contributed by atoms with Gasteiger partial charge in [0.25, 0.3) is 0 Å². The molecule has 0 saturated heterocycles. The van der Waals surface area contributed by atoms with Gasteiger partial charge in [-0.1, -0.05) is 30.3 Å². The van der Waals surface area contributed by atoms with Gasteiger partial charge in [-0.25, -0.2) is 0 Å². The first kappa shape index (κ1) is 10.2. The summed E-state index contributed by atoms with van der Waals surface area (Å²) in [5.74, 6) is 0. The normalized spacial score (nSPS) is 15.3. The molecule has 0 radical (unpaired) electrons. The van der Waals surface area contributed by atoms with E-state index in [2.05, 4.69) is 0 Å². The number of aliphatic hydroxyl groups is 3. The van der Waals surface area contributed by atoms with E-state index >= 15 is 0 Å². The van der Waals surface area contributed by atoms with E-state index in [1.54, 1.807) is 12.1 Å². The highest BCUT2D eigenvalue weighted by Gasteiger charge is 2.12. The second-order valence-electron chi connectivity index (χ2n) is 3.00. The average Bonchev–Trinajstić information content (AvgIpc) is 2.19. The quantitative estimate of drug-likeness (QED) is 0.634. The Labute approximate surface area is 77.3 Å². The minimum atomic E-state index is -0.852. The highest BCUT2D eigenvalue weighted by molar-refractivity contribution is 5.17. The molecular weight excluding hydrogens is 168 g/mol. The van der Waals surface area contributed by atoms with Crippen LogP contribution in [0, 0.1) is 0 Å². The fourth-order valence-corrected chi connectivity index (χ4v) is 1.14. The van der Waals surface area contributed by atoms with Gasteiger partial charge < -0.3 is 15.3 Å². The first-order valence-electron chi connectivity index (χ1n) is 4.26. The Morgan fingerprint density at radius 3 is 2.23 bits per heavy atom. The highest BCUT2D eigenvalue weighted by atomic mass is 16.3. The lowest BCUT2D eigenvalue weighted by molar-refractivity contribution is 0.0413. The number of hydrogen-bond acceptors (Lipinski definition) is 3. The first-order valence-corrected chi connectivity index (χ1v) is 4.26. The molecule has 3 heteroatoms. The molecule has 0 spiro atoms. The molecule has 0 bridgehead atoms. The molecule has 0 saturated carbocycles. The minimum absolute atomic E-state index is 0.167. The Balaban J connectivity index is 2.53. The standard InChI is InChI=1S/C10H14O3/c11-7-9(12)6-10(13)8-4-2-1-3-5-8/h1-5,9-13H,6-7H2/t9-,10+/m0/s1. The molecule has 0 unspecified atom stereocenters. The van der Waals surface area contributed by atoms with Gasteiger partial charge in [0, 0.05) is 6.42 Å². The van der Waals surface area contributed by atoms with Crippen molar-refractivity contribution in [2.24, 2.45) is 0 Å². The zero-order valence-corrected chi connectivity index (χ0v) is 7.30. The second-order valence-corrected chi connectivity index (χ2v) is 3.00. The summed E-state index contributed by atoms with van der Waals surface area (Å²) in [4.78, 5) is 0. The van der Waals surface area contributed by atoms with Gasteiger partial charge in [-0.2, -0.15) is 0 Å². The summed E-state index contributed by atoms with van der Waals surface area (Å²) in [5, 5.41) is 27.2. The Bertz CT molecular complexity index is 235. The summed E-state index contributed by atoms with van der Waals surface area (Å²) in [6.45, 7) is -0.316. The van der Waals surface area contributed by atoms with Gasteiger partial charge in [-0.15, -0.1) is 0 Å². The van der Waals surface area contributed by atoms with Crippen LogP contribution in [0.4, 0.5) is 0 Å². The predicted octanol–water partition coefficient (Wildman–Crippen LogP) is 0.463. The molecule has 0 aliphatic carbocycles. The van der Waals surface area contributed by atoms with Crippen LogP contribution in [0.5, 0.6) is 0 Å². The van der Waals surface area contributed by atoms with Crippen LogP contribution in [0.1, 0.15) is 18.1 Å². The van der Waals surface area contributed by atoms with Crippen molar-refractivity contribution in [3.63, 3.8) is 0 Å². The summed E-state index contributed by atoms with van der Waals surface area (Å²) < 4.78 is 0. The third-order valence-electron chi connectivity index (χ3n) is 1.89. The third kappa shape index (κ3) is 3.14. The molecule has 72 valence electrons. The van der Waals surface area contributed by atoms with E-state index in [4.69, 9.17) is 10.2 Å². The van der Waals surface area contributed by atoms with Crippen molar-refractivity contribution >= 4 is 0 Å². The summed E-state index contributed by atoms with van der Waals surface area (Å²) in [6, 6.07) is 9.08. The van der Waals surface area contributed by atoms with Gasteiger partial charge in [0.05, 0.1) is 18.8 Å². The molecule has 1 aromatic rings. The second kappa shape index (κ2) is 4.97. The Morgan fingerprint density at radius 2 is 1.69 bits per heavy atom. The molecule has 2 atom stereocenters. The molecule has 0 amide bonds. The van der Waals surface area contributed by atoms with Crippen LogP contribution in [-0.2, 0) is 0 Å². The van der Waals surface area contributed by atoms with E-state index in [1.807, 2.05) is 18.2 Å². The Hall–Kier alpha value is -0.900. The van der Waals surface area contributed by atoms with Gasteiger partial charge >= 0.3 is 0 Å². The number of aliphatic hydroxyl groups excluding tert-OH is 3. The zero-order chi connectivity index (χ0) is 9.68. The van der Waals surface area contributed by atoms with Crippen LogP contribution in [0.15, 0.2) is 30.3 Å². The summed E-state index contributed by atoms with van der Waals surface area (Å²) in [5.41, 5.74) is 0.759. The van der Waals surface area contributed by atoms with Crippen molar-refractivity contribution < 1.29 is 15.3 Å². The Kier molecular flexibility index (Phi) is 3.89. The molecule has 0 aliphatic heterocycles. The van der Waals surface area contributed by atoms with E-state index in [1.165, 1.54) is 0 Å². The highest BCUT2D eigenvalue weighted by Crippen LogP contribution is 2.17. The molecular formula is C10H14O3. The maximum absolute atomic E-state index is 9.55. The fraction of sp³-hybridized carbons (Fsp3) is 0.400. The van der Waals surface area contributed by atoms with Crippen LogP contribution >= 0.6 is 0 Å². The molecule has 0 heterocycles. The summed E-state index contributed by atoms with van der Waals surface area (Å²) >= 11 is 0. The fourth-order valence-electron chi connectivity index (χ4n) is 1.14. The van der Waals surface area contributed by atoms with Crippen molar-refractivity contribution in [2.75, 3.05) is 6.61 Å².